The average Bonchev–Trinajstić information content (AvgIpc) is 3.07. The predicted molar refractivity (Wildman–Crippen MR) is 64.0 cm³/mol. The molecule has 0 spiro atoms. The van der Waals surface area contributed by atoms with Crippen LogP contribution in [0.3, 0.4) is 0 Å². The van der Waals surface area contributed by atoms with Gasteiger partial charge in [0, 0.05) is 11.6 Å². The van der Waals surface area contributed by atoms with E-state index in [2.05, 4.69) is 13.0 Å². The van der Waals surface area contributed by atoms with Crippen molar-refractivity contribution >= 4 is 0 Å². The summed E-state index contributed by atoms with van der Waals surface area (Å²) >= 11 is 0. The summed E-state index contributed by atoms with van der Waals surface area (Å²) in [4.78, 5) is 0. The molecule has 3 atom stereocenters. The molecule has 0 radical (unpaired) electrons. The second-order valence-corrected chi connectivity index (χ2v) is 4.45. The van der Waals surface area contributed by atoms with Crippen LogP contribution in [0.25, 0.3) is 0 Å². The van der Waals surface area contributed by atoms with Crippen molar-refractivity contribution in [1.82, 2.24) is 0 Å². The van der Waals surface area contributed by atoms with Crippen molar-refractivity contribution in [2.24, 2.45) is 11.7 Å². The van der Waals surface area contributed by atoms with Crippen molar-refractivity contribution in [2.75, 3.05) is 14.2 Å². The van der Waals surface area contributed by atoms with Gasteiger partial charge in [0.25, 0.3) is 0 Å². The number of rotatable bonds is 4. The Labute approximate surface area is 96.5 Å². The fourth-order valence-electron chi connectivity index (χ4n) is 2.36. The van der Waals surface area contributed by atoms with Crippen molar-refractivity contribution in [3.05, 3.63) is 23.8 Å². The Hall–Kier alpha value is -1.22. The van der Waals surface area contributed by atoms with Crippen molar-refractivity contribution in [1.29, 1.82) is 0 Å². The minimum atomic E-state index is 0.251. The second-order valence-electron chi connectivity index (χ2n) is 4.45. The Morgan fingerprint density at radius 1 is 1.31 bits per heavy atom. The van der Waals surface area contributed by atoms with Gasteiger partial charge in [0.1, 0.15) is 0 Å². The van der Waals surface area contributed by atoms with Crippen LogP contribution in [0, 0.1) is 5.92 Å². The van der Waals surface area contributed by atoms with Gasteiger partial charge in [-0.15, -0.1) is 0 Å². The monoisotopic (exact) mass is 221 g/mol. The summed E-state index contributed by atoms with van der Waals surface area (Å²) in [6, 6.07) is 6.29. The van der Waals surface area contributed by atoms with Crippen LogP contribution in [-0.2, 0) is 0 Å². The average molecular weight is 221 g/mol. The molecule has 1 saturated carbocycles. The molecule has 1 aromatic rings. The third-order valence-corrected chi connectivity index (χ3v) is 3.35. The fraction of sp³-hybridized carbons (Fsp3) is 0.538. The number of methoxy groups -OCH3 is 2. The maximum Gasteiger partial charge on any atom is 0.164 e. The SMILES string of the molecule is COc1cccc([C@@H]2C[C@H]2[C@@H](C)N)c1OC. The molecule has 3 nitrogen and oxygen atoms in total. The lowest BCUT2D eigenvalue weighted by atomic mass is 10.0. The van der Waals surface area contributed by atoms with Crippen LogP contribution in [0.15, 0.2) is 18.2 Å². The Kier molecular flexibility index (Phi) is 3.06. The molecule has 0 saturated heterocycles. The van der Waals surface area contributed by atoms with Gasteiger partial charge in [-0.25, -0.2) is 0 Å². The van der Waals surface area contributed by atoms with Crippen molar-refractivity contribution in [2.45, 2.75) is 25.3 Å². The van der Waals surface area contributed by atoms with E-state index in [4.69, 9.17) is 15.2 Å². The molecule has 0 unspecified atom stereocenters. The molecule has 16 heavy (non-hydrogen) atoms. The van der Waals surface area contributed by atoms with Gasteiger partial charge in [-0.05, 0) is 31.2 Å². The van der Waals surface area contributed by atoms with Crippen LogP contribution in [0.2, 0.25) is 0 Å². The molecule has 1 fully saturated rings. The molecule has 0 heterocycles. The van der Waals surface area contributed by atoms with Crippen molar-refractivity contribution in [3.8, 4) is 11.5 Å². The number of para-hydroxylation sites is 1. The van der Waals surface area contributed by atoms with Gasteiger partial charge in [0.2, 0.25) is 0 Å². The summed E-state index contributed by atoms with van der Waals surface area (Å²) in [5, 5.41) is 0. The van der Waals surface area contributed by atoms with Gasteiger partial charge in [-0.1, -0.05) is 12.1 Å². The highest BCUT2D eigenvalue weighted by atomic mass is 16.5. The Morgan fingerprint density at radius 3 is 2.56 bits per heavy atom. The van der Waals surface area contributed by atoms with E-state index in [0.29, 0.717) is 11.8 Å². The standard InChI is InChI=1S/C13H19NO2/c1-8(14)10-7-11(10)9-5-4-6-12(15-2)13(9)16-3/h4-6,8,10-11H,7,14H2,1-3H3/t8-,10+,11+/m1/s1. The second kappa shape index (κ2) is 4.34. The van der Waals surface area contributed by atoms with Gasteiger partial charge < -0.3 is 15.2 Å². The van der Waals surface area contributed by atoms with Crippen molar-refractivity contribution < 1.29 is 9.47 Å². The Morgan fingerprint density at radius 2 is 2.06 bits per heavy atom. The van der Waals surface area contributed by atoms with E-state index in [1.165, 1.54) is 5.56 Å². The number of hydrogen-bond acceptors (Lipinski definition) is 3. The molecule has 1 aromatic carbocycles. The Bertz CT molecular complexity index is 376. The summed E-state index contributed by atoms with van der Waals surface area (Å²) in [5.41, 5.74) is 7.14. The van der Waals surface area contributed by atoms with Crippen LogP contribution < -0.4 is 15.2 Å². The Balaban J connectivity index is 2.28. The molecular weight excluding hydrogens is 202 g/mol. The predicted octanol–water partition coefficient (Wildman–Crippen LogP) is 2.15. The summed E-state index contributed by atoms with van der Waals surface area (Å²) in [6.07, 6.45) is 1.15. The molecule has 88 valence electrons. The van der Waals surface area contributed by atoms with Crippen LogP contribution in [0.4, 0.5) is 0 Å². The lowest BCUT2D eigenvalue weighted by molar-refractivity contribution is 0.351. The zero-order valence-electron chi connectivity index (χ0n) is 10.1. The highest BCUT2D eigenvalue weighted by Gasteiger charge is 2.42. The van der Waals surface area contributed by atoms with Gasteiger partial charge in [0.15, 0.2) is 11.5 Å². The summed E-state index contributed by atoms with van der Waals surface area (Å²) in [6.45, 7) is 2.07. The van der Waals surface area contributed by atoms with Crippen LogP contribution in [-0.4, -0.2) is 20.3 Å². The van der Waals surface area contributed by atoms with Crippen molar-refractivity contribution in [3.63, 3.8) is 0 Å². The van der Waals surface area contributed by atoms with Gasteiger partial charge in [-0.3, -0.25) is 0 Å². The molecular formula is C13H19NO2. The van der Waals surface area contributed by atoms with Crippen LogP contribution >= 0.6 is 0 Å². The minimum Gasteiger partial charge on any atom is -0.493 e. The number of ether oxygens (including phenoxy) is 2. The molecule has 2 N–H and O–H groups in total. The van der Waals surface area contributed by atoms with E-state index in [0.717, 1.165) is 17.9 Å². The van der Waals surface area contributed by atoms with Gasteiger partial charge >= 0.3 is 0 Å². The molecule has 1 aliphatic rings. The molecule has 1 aliphatic carbocycles. The maximum atomic E-state index is 5.92. The van der Waals surface area contributed by atoms with Crippen LogP contribution in [0.1, 0.15) is 24.8 Å². The molecule has 0 amide bonds. The highest BCUT2D eigenvalue weighted by Crippen LogP contribution is 2.53. The van der Waals surface area contributed by atoms with E-state index in [1.54, 1.807) is 14.2 Å². The third-order valence-electron chi connectivity index (χ3n) is 3.35. The van der Waals surface area contributed by atoms with E-state index < -0.39 is 0 Å². The molecule has 0 aliphatic heterocycles. The lowest BCUT2D eigenvalue weighted by Crippen LogP contribution is -2.18. The fourth-order valence-corrected chi connectivity index (χ4v) is 2.36. The smallest absolute Gasteiger partial charge is 0.164 e. The van der Waals surface area contributed by atoms with E-state index in [1.807, 2.05) is 12.1 Å². The van der Waals surface area contributed by atoms with E-state index >= 15 is 0 Å². The summed E-state index contributed by atoms with van der Waals surface area (Å²) < 4.78 is 10.7. The molecule has 3 heteroatoms. The number of benzene rings is 1. The minimum absolute atomic E-state index is 0.251. The number of hydrogen-bond donors (Lipinski definition) is 1. The zero-order valence-corrected chi connectivity index (χ0v) is 10.1. The summed E-state index contributed by atoms with van der Waals surface area (Å²) in [7, 11) is 3.35. The zero-order chi connectivity index (χ0) is 11.7. The van der Waals surface area contributed by atoms with Crippen LogP contribution in [0.5, 0.6) is 11.5 Å². The van der Waals surface area contributed by atoms with E-state index in [-0.39, 0.29) is 6.04 Å². The molecule has 2 rings (SSSR count). The topological polar surface area (TPSA) is 44.5 Å². The van der Waals surface area contributed by atoms with E-state index in [9.17, 15) is 0 Å². The molecule has 0 aromatic heterocycles. The molecule has 0 bridgehead atoms. The first-order valence-corrected chi connectivity index (χ1v) is 5.65. The number of nitrogens with two attached hydrogens (primary N) is 1. The first-order chi connectivity index (χ1) is 7.69. The van der Waals surface area contributed by atoms with Gasteiger partial charge in [-0.2, -0.15) is 0 Å². The lowest BCUT2D eigenvalue weighted by Gasteiger charge is -2.13. The quantitative estimate of drug-likeness (QED) is 0.847. The normalized spacial score (nSPS) is 25.0. The summed E-state index contributed by atoms with van der Waals surface area (Å²) in [5.74, 6) is 2.78. The maximum absolute atomic E-state index is 5.92. The van der Waals surface area contributed by atoms with Gasteiger partial charge in [0.05, 0.1) is 14.2 Å². The first-order valence-electron chi connectivity index (χ1n) is 5.65. The largest absolute Gasteiger partial charge is 0.493 e. The third kappa shape index (κ3) is 1.87. The highest BCUT2D eigenvalue weighted by molar-refractivity contribution is 5.50. The first kappa shape index (κ1) is 11.3.